The molecule has 1 aliphatic heterocycles. The van der Waals surface area contributed by atoms with Crippen molar-refractivity contribution in [2.24, 2.45) is 16.7 Å². The van der Waals surface area contributed by atoms with Crippen molar-refractivity contribution in [3.63, 3.8) is 0 Å². The summed E-state index contributed by atoms with van der Waals surface area (Å²) in [7, 11) is 0. The number of rotatable bonds is 5. The predicted octanol–water partition coefficient (Wildman–Crippen LogP) is 5.05. The number of Topliss-reactive ketones (excluding diaryl/α,β-unsaturated/α-hetero) is 1. The van der Waals surface area contributed by atoms with Gasteiger partial charge in [-0.3, -0.25) is 14.4 Å². The first-order valence-corrected chi connectivity index (χ1v) is 14.7. The van der Waals surface area contributed by atoms with E-state index in [2.05, 4.69) is 6.58 Å². The Morgan fingerprint density at radius 2 is 1.66 bits per heavy atom. The number of benzene rings is 1. The van der Waals surface area contributed by atoms with E-state index in [1.54, 1.807) is 26.8 Å². The van der Waals surface area contributed by atoms with Gasteiger partial charge in [-0.05, 0) is 48.1 Å². The number of ether oxygens (including phenoxy) is 5. The Balaban J connectivity index is 1.65. The van der Waals surface area contributed by atoms with Gasteiger partial charge in [-0.25, -0.2) is 9.59 Å². The van der Waals surface area contributed by atoms with E-state index in [1.165, 1.54) is 19.9 Å². The van der Waals surface area contributed by atoms with Gasteiger partial charge in [-0.1, -0.05) is 57.7 Å². The molecule has 10 nitrogen and oxygen atoms in total. The summed E-state index contributed by atoms with van der Waals surface area (Å²) in [5.74, 6) is -3.00. The third kappa shape index (κ3) is 4.94. The molecule has 1 aromatic carbocycles. The highest BCUT2D eigenvalue weighted by molar-refractivity contribution is 5.99. The van der Waals surface area contributed by atoms with Crippen LogP contribution < -0.4 is 0 Å². The van der Waals surface area contributed by atoms with Crippen molar-refractivity contribution in [3.8, 4) is 0 Å². The largest absolute Gasteiger partial charge is 0.509 e. The van der Waals surface area contributed by atoms with Gasteiger partial charge in [0.15, 0.2) is 23.6 Å². The summed E-state index contributed by atoms with van der Waals surface area (Å²) in [5.41, 5.74) is -1.70. The van der Waals surface area contributed by atoms with Gasteiger partial charge in [0.2, 0.25) is 0 Å². The van der Waals surface area contributed by atoms with E-state index >= 15 is 0 Å². The van der Waals surface area contributed by atoms with Crippen LogP contribution in [0.3, 0.4) is 0 Å². The number of hydrogen-bond acceptors (Lipinski definition) is 10. The second kappa shape index (κ2) is 11.1. The third-order valence-electron chi connectivity index (χ3n) is 9.96. The molecule has 10 heteroatoms. The fourth-order valence-electron chi connectivity index (χ4n) is 7.88. The van der Waals surface area contributed by atoms with Crippen molar-refractivity contribution in [2.75, 3.05) is 0 Å². The Morgan fingerprint density at radius 3 is 2.30 bits per heavy atom. The van der Waals surface area contributed by atoms with Crippen molar-refractivity contribution in [1.82, 2.24) is 0 Å². The van der Waals surface area contributed by atoms with Gasteiger partial charge in [-0.15, -0.1) is 0 Å². The number of fused-ring (bicyclic) bond motifs is 3. The first-order valence-electron chi connectivity index (χ1n) is 14.7. The van der Waals surface area contributed by atoms with Crippen molar-refractivity contribution in [1.29, 1.82) is 0 Å². The smallest absolute Gasteiger partial charge is 0.458 e. The Kier molecular flexibility index (Phi) is 7.84. The molecule has 5 rings (SSSR count). The lowest BCUT2D eigenvalue weighted by molar-refractivity contribution is -0.203. The molecule has 0 radical (unpaired) electrons. The summed E-state index contributed by atoms with van der Waals surface area (Å²) in [6, 6.07) is 9.28. The van der Waals surface area contributed by atoms with E-state index in [4.69, 9.17) is 23.7 Å². The van der Waals surface area contributed by atoms with Gasteiger partial charge in [-0.2, -0.15) is 0 Å². The van der Waals surface area contributed by atoms with Crippen LogP contribution in [-0.4, -0.2) is 59.9 Å². The number of hydrogen-bond donors (Lipinski definition) is 0. The number of allylic oxidation sites excluding steroid dienone is 1. The zero-order chi connectivity index (χ0) is 32.2. The highest BCUT2D eigenvalue weighted by atomic mass is 16.8. The number of esters is 3. The standard InChI is InChI=1S/C34H38O10/c1-18-23(37)17-34-29(43-31(39)44-34)27-19(2)24(42-25(38)14-13-22-11-9-8-10-12-22)15-16-33(27,7)30(41-21(4)36)28(40-20(3)35)26(18)32(34,5)6/h8-14,24,27-30H,2,15-17H2,1,3-7H3/b14-13+/t24-,27-,28+,29-,30-,33+,34+/m0/s1. The zero-order valence-electron chi connectivity index (χ0n) is 25.8. The number of ketones is 1. The van der Waals surface area contributed by atoms with Crippen LogP contribution in [0.15, 0.2) is 59.7 Å². The van der Waals surface area contributed by atoms with Crippen LogP contribution in [0.2, 0.25) is 0 Å². The van der Waals surface area contributed by atoms with Crippen LogP contribution >= 0.6 is 0 Å². The second-order valence-electron chi connectivity index (χ2n) is 12.9. The average Bonchev–Trinajstić information content (AvgIpc) is 3.27. The van der Waals surface area contributed by atoms with Crippen LogP contribution in [0.1, 0.15) is 66.4 Å². The highest BCUT2D eigenvalue weighted by Crippen LogP contribution is 2.64. The quantitative estimate of drug-likeness (QED) is 0.194. The lowest BCUT2D eigenvalue weighted by Crippen LogP contribution is -2.69. The molecule has 1 aromatic rings. The van der Waals surface area contributed by atoms with E-state index in [0.29, 0.717) is 29.6 Å². The Hall–Kier alpha value is -4.21. The molecule has 44 heavy (non-hydrogen) atoms. The maximum Gasteiger partial charge on any atom is 0.509 e. The minimum atomic E-state index is -1.51. The van der Waals surface area contributed by atoms with Crippen LogP contribution in [0.25, 0.3) is 6.08 Å². The molecule has 0 amide bonds. The molecule has 7 atom stereocenters. The molecule has 4 aliphatic rings. The second-order valence-corrected chi connectivity index (χ2v) is 12.9. The minimum Gasteiger partial charge on any atom is -0.458 e. The van der Waals surface area contributed by atoms with Gasteiger partial charge in [0.25, 0.3) is 0 Å². The van der Waals surface area contributed by atoms with Crippen molar-refractivity contribution >= 4 is 35.9 Å². The van der Waals surface area contributed by atoms with Crippen molar-refractivity contribution in [3.05, 3.63) is 65.3 Å². The maximum absolute atomic E-state index is 13.6. The summed E-state index contributed by atoms with van der Waals surface area (Å²) in [6.45, 7) is 13.9. The van der Waals surface area contributed by atoms with Gasteiger partial charge >= 0.3 is 24.1 Å². The predicted molar refractivity (Wildman–Crippen MR) is 157 cm³/mol. The lowest BCUT2D eigenvalue weighted by atomic mass is 9.48. The van der Waals surface area contributed by atoms with E-state index in [9.17, 15) is 24.0 Å². The van der Waals surface area contributed by atoms with Gasteiger partial charge < -0.3 is 23.7 Å². The van der Waals surface area contributed by atoms with Crippen LogP contribution in [0.4, 0.5) is 4.79 Å². The first kappa shape index (κ1) is 31.2. The van der Waals surface area contributed by atoms with Crippen molar-refractivity contribution < 1.29 is 47.7 Å². The molecule has 3 aliphatic carbocycles. The fourth-order valence-corrected chi connectivity index (χ4v) is 7.88. The minimum absolute atomic E-state index is 0.180. The van der Waals surface area contributed by atoms with Gasteiger partial charge in [0.05, 0.1) is 6.42 Å². The van der Waals surface area contributed by atoms with Crippen LogP contribution in [0, 0.1) is 16.7 Å². The van der Waals surface area contributed by atoms with Gasteiger partial charge in [0, 0.05) is 36.7 Å². The summed E-state index contributed by atoms with van der Waals surface area (Å²) in [6.07, 6.45) is -1.70. The number of carbonyl (C=O) groups excluding carboxylic acids is 5. The Bertz CT molecular complexity index is 1490. The summed E-state index contributed by atoms with van der Waals surface area (Å²) >= 11 is 0. The monoisotopic (exact) mass is 606 g/mol. The van der Waals surface area contributed by atoms with Crippen LogP contribution in [0.5, 0.6) is 0 Å². The van der Waals surface area contributed by atoms with Crippen molar-refractivity contribution in [2.45, 2.75) is 90.8 Å². The third-order valence-corrected chi connectivity index (χ3v) is 9.96. The van der Waals surface area contributed by atoms with Gasteiger partial charge in [0.1, 0.15) is 12.2 Å². The van der Waals surface area contributed by atoms with Crippen LogP contribution in [-0.2, 0) is 42.9 Å². The topological polar surface area (TPSA) is 132 Å². The molecule has 0 aromatic heterocycles. The Morgan fingerprint density at radius 1 is 1.00 bits per heavy atom. The highest BCUT2D eigenvalue weighted by Gasteiger charge is 2.74. The summed E-state index contributed by atoms with van der Waals surface area (Å²) in [4.78, 5) is 64.9. The molecule has 1 spiro atoms. The number of carbonyl (C=O) groups is 5. The molecule has 0 unspecified atom stereocenters. The lowest BCUT2D eigenvalue weighted by Gasteiger charge is -2.60. The normalized spacial score (nSPS) is 34.1. The molecule has 0 N–H and O–H groups in total. The first-order chi connectivity index (χ1) is 20.6. The molecule has 2 saturated carbocycles. The van der Waals surface area contributed by atoms with E-state index in [0.717, 1.165) is 5.56 Å². The maximum atomic E-state index is 13.6. The van der Waals surface area contributed by atoms with E-state index in [-0.39, 0.29) is 12.2 Å². The SMILES string of the molecule is C=C1[C@@H](OC(=O)/C=C/c2ccccc2)CC[C@@]2(C)[C@@H](OC(C)=O)[C@H](OC(C)=O)C3=C(C)C(=O)C[C@]4(OC(=O)O[C@H]4[C@H]12)C3(C)C. The van der Waals surface area contributed by atoms with E-state index in [1.807, 2.05) is 37.3 Å². The zero-order valence-corrected chi connectivity index (χ0v) is 25.8. The molecule has 1 heterocycles. The molecule has 3 fully saturated rings. The van der Waals surface area contributed by atoms with E-state index < -0.39 is 70.8 Å². The molecule has 234 valence electrons. The summed E-state index contributed by atoms with van der Waals surface area (Å²) in [5, 5.41) is 0. The molecule has 2 bridgehead atoms. The Labute approximate surface area is 256 Å². The molecular weight excluding hydrogens is 568 g/mol. The summed E-state index contributed by atoms with van der Waals surface area (Å²) < 4.78 is 29.7. The molecular formula is C34H38O10. The molecule has 1 saturated heterocycles. The average molecular weight is 607 g/mol. The fraction of sp³-hybridized carbons (Fsp3) is 0.500.